The first-order valence-electron chi connectivity index (χ1n) is 6.31. The molecule has 1 aromatic carbocycles. The number of nitrogens with one attached hydrogen (secondary N) is 1. The fraction of sp³-hybridized carbons (Fsp3) is 0.429. The highest BCUT2D eigenvalue weighted by molar-refractivity contribution is 7.19. The monoisotopic (exact) mass is 267 g/mol. The molecule has 0 aliphatic heterocycles. The van der Waals surface area contributed by atoms with Crippen LogP contribution in [-0.4, -0.2) is 6.04 Å². The Morgan fingerprint density at radius 1 is 1.33 bits per heavy atom. The Morgan fingerprint density at radius 2 is 2.11 bits per heavy atom. The lowest BCUT2D eigenvalue weighted by atomic mass is 10.1. The predicted octanol–water partition coefficient (Wildman–Crippen LogP) is 3.99. The summed E-state index contributed by atoms with van der Waals surface area (Å²) in [7, 11) is 0. The summed E-state index contributed by atoms with van der Waals surface area (Å²) in [6.45, 7) is 2.80. The summed E-state index contributed by atoms with van der Waals surface area (Å²) in [5.41, 5.74) is 1.08. The maximum Gasteiger partial charge on any atom is 0.143 e. The Bertz CT molecular complexity index is 587. The molecule has 0 atom stereocenters. The zero-order valence-electron chi connectivity index (χ0n) is 10.2. The molecule has 1 aliphatic carbocycles. The van der Waals surface area contributed by atoms with E-state index in [-0.39, 0.29) is 0 Å². The van der Waals surface area contributed by atoms with Crippen LogP contribution in [0.25, 0.3) is 10.1 Å². The lowest BCUT2D eigenvalue weighted by Gasteiger charge is -2.03. The fourth-order valence-electron chi connectivity index (χ4n) is 2.28. The maximum atomic E-state index is 13.7. The van der Waals surface area contributed by atoms with Gasteiger partial charge in [-0.15, -0.1) is 11.3 Å². The number of hydrogen-bond donors (Lipinski definition) is 1. The second-order valence-electron chi connectivity index (χ2n) is 4.78. The van der Waals surface area contributed by atoms with Crippen molar-refractivity contribution in [2.45, 2.75) is 38.8 Å². The average Bonchev–Trinajstić information content (AvgIpc) is 3.08. The molecule has 1 heterocycles. The average molecular weight is 267 g/mol. The van der Waals surface area contributed by atoms with Crippen molar-refractivity contribution in [1.82, 2.24) is 5.32 Å². The molecule has 18 heavy (non-hydrogen) atoms. The Hall–Kier alpha value is -1.00. The second kappa shape index (κ2) is 4.59. The van der Waals surface area contributed by atoms with Gasteiger partial charge in [-0.3, -0.25) is 0 Å². The molecule has 0 saturated heterocycles. The minimum absolute atomic E-state index is 0.442. The number of benzene rings is 1. The minimum Gasteiger partial charge on any atom is -0.309 e. The van der Waals surface area contributed by atoms with E-state index in [0.717, 1.165) is 34.9 Å². The fourth-order valence-corrected chi connectivity index (χ4v) is 3.51. The van der Waals surface area contributed by atoms with E-state index in [1.54, 1.807) is 0 Å². The van der Waals surface area contributed by atoms with Gasteiger partial charge < -0.3 is 5.32 Å². The van der Waals surface area contributed by atoms with E-state index in [9.17, 15) is 8.78 Å². The number of fused-ring (bicyclic) bond motifs is 1. The lowest BCUT2D eigenvalue weighted by Crippen LogP contribution is -2.15. The van der Waals surface area contributed by atoms with Crippen LogP contribution in [0.1, 0.15) is 30.2 Å². The zero-order chi connectivity index (χ0) is 12.7. The summed E-state index contributed by atoms with van der Waals surface area (Å²) in [5, 5.41) is 4.18. The molecule has 96 valence electrons. The van der Waals surface area contributed by atoms with Crippen LogP contribution in [0.2, 0.25) is 0 Å². The summed E-state index contributed by atoms with van der Waals surface area (Å²) in [5.74, 6) is -0.934. The normalized spacial score (nSPS) is 15.5. The van der Waals surface area contributed by atoms with E-state index < -0.39 is 11.6 Å². The van der Waals surface area contributed by atoms with Crippen molar-refractivity contribution in [2.75, 3.05) is 0 Å². The van der Waals surface area contributed by atoms with Crippen molar-refractivity contribution in [3.05, 3.63) is 34.2 Å². The van der Waals surface area contributed by atoms with Crippen LogP contribution in [0, 0.1) is 11.6 Å². The van der Waals surface area contributed by atoms with Gasteiger partial charge >= 0.3 is 0 Å². The molecule has 0 radical (unpaired) electrons. The number of aryl methyl sites for hydroxylation is 1. The first-order valence-corrected chi connectivity index (χ1v) is 7.13. The van der Waals surface area contributed by atoms with Crippen LogP contribution >= 0.6 is 11.3 Å². The molecule has 1 aliphatic rings. The molecule has 1 aromatic heterocycles. The Kier molecular flexibility index (Phi) is 3.08. The van der Waals surface area contributed by atoms with Crippen molar-refractivity contribution in [3.8, 4) is 0 Å². The number of thiophene rings is 1. The van der Waals surface area contributed by atoms with Crippen molar-refractivity contribution in [2.24, 2.45) is 0 Å². The van der Waals surface area contributed by atoms with E-state index in [2.05, 4.69) is 5.32 Å². The smallest absolute Gasteiger partial charge is 0.143 e. The summed E-state index contributed by atoms with van der Waals surface area (Å²) in [6.07, 6.45) is 3.27. The van der Waals surface area contributed by atoms with Crippen LogP contribution in [0.4, 0.5) is 8.78 Å². The summed E-state index contributed by atoms with van der Waals surface area (Å²) < 4.78 is 27.6. The highest BCUT2D eigenvalue weighted by Gasteiger charge is 2.22. The van der Waals surface area contributed by atoms with Gasteiger partial charge in [0.1, 0.15) is 11.6 Å². The van der Waals surface area contributed by atoms with Crippen molar-refractivity contribution in [1.29, 1.82) is 0 Å². The van der Waals surface area contributed by atoms with Gasteiger partial charge in [0.05, 0.1) is 4.70 Å². The molecule has 4 heteroatoms. The summed E-state index contributed by atoms with van der Waals surface area (Å²) in [4.78, 5) is 1.14. The van der Waals surface area contributed by atoms with Gasteiger partial charge in [0, 0.05) is 28.9 Å². The van der Waals surface area contributed by atoms with Crippen LogP contribution in [0.15, 0.2) is 12.1 Å². The van der Waals surface area contributed by atoms with Crippen LogP contribution < -0.4 is 5.32 Å². The Morgan fingerprint density at radius 3 is 2.78 bits per heavy atom. The summed E-state index contributed by atoms with van der Waals surface area (Å²) in [6, 6.07) is 3.05. The molecular weight excluding hydrogens is 252 g/mol. The molecule has 0 bridgehead atoms. The number of rotatable bonds is 4. The Labute approximate surface area is 109 Å². The third kappa shape index (κ3) is 2.15. The van der Waals surface area contributed by atoms with Crippen LogP contribution in [0.3, 0.4) is 0 Å². The molecular formula is C14H15F2NS. The molecule has 0 unspecified atom stereocenters. The number of halogens is 2. The topological polar surface area (TPSA) is 12.0 Å². The van der Waals surface area contributed by atoms with Crippen molar-refractivity contribution in [3.63, 3.8) is 0 Å². The molecule has 1 saturated carbocycles. The van der Waals surface area contributed by atoms with E-state index >= 15 is 0 Å². The molecule has 1 nitrogen and oxygen atoms in total. The van der Waals surface area contributed by atoms with Gasteiger partial charge in [-0.1, -0.05) is 6.92 Å². The first-order chi connectivity index (χ1) is 8.69. The predicted molar refractivity (Wildman–Crippen MR) is 71.0 cm³/mol. The highest BCUT2D eigenvalue weighted by Crippen LogP contribution is 2.34. The molecule has 0 spiro atoms. The van der Waals surface area contributed by atoms with Gasteiger partial charge in [0.25, 0.3) is 0 Å². The third-order valence-electron chi connectivity index (χ3n) is 3.38. The summed E-state index contributed by atoms with van der Waals surface area (Å²) >= 11 is 1.45. The standard InChI is InChI=1S/C14H15F2NS/c1-2-10-11-5-8(15)6-12(16)14(11)18-13(10)7-17-9-3-4-9/h5-6,9,17H,2-4,7H2,1H3. The van der Waals surface area contributed by atoms with Gasteiger partial charge in [-0.25, -0.2) is 8.78 Å². The van der Waals surface area contributed by atoms with Gasteiger partial charge in [-0.2, -0.15) is 0 Å². The van der Waals surface area contributed by atoms with Gasteiger partial charge in [-0.05, 0) is 30.9 Å². The largest absolute Gasteiger partial charge is 0.309 e. The van der Waals surface area contributed by atoms with Crippen molar-refractivity contribution >= 4 is 21.4 Å². The van der Waals surface area contributed by atoms with Gasteiger partial charge in [0.15, 0.2) is 0 Å². The molecule has 2 aromatic rings. The second-order valence-corrected chi connectivity index (χ2v) is 5.88. The van der Waals surface area contributed by atoms with Crippen LogP contribution in [0.5, 0.6) is 0 Å². The molecule has 0 amide bonds. The molecule has 3 rings (SSSR count). The van der Waals surface area contributed by atoms with Gasteiger partial charge in [0.2, 0.25) is 0 Å². The zero-order valence-corrected chi connectivity index (χ0v) is 11.0. The molecule has 1 N–H and O–H groups in total. The Balaban J connectivity index is 2.04. The maximum absolute atomic E-state index is 13.7. The van der Waals surface area contributed by atoms with Crippen LogP contribution in [-0.2, 0) is 13.0 Å². The highest BCUT2D eigenvalue weighted by atomic mass is 32.1. The third-order valence-corrected chi connectivity index (χ3v) is 4.63. The van der Waals surface area contributed by atoms with E-state index in [1.807, 2.05) is 6.92 Å². The first kappa shape index (κ1) is 12.1. The quantitative estimate of drug-likeness (QED) is 0.883. The number of hydrogen-bond acceptors (Lipinski definition) is 2. The lowest BCUT2D eigenvalue weighted by molar-refractivity contribution is 0.593. The molecule has 1 fully saturated rings. The van der Waals surface area contributed by atoms with Crippen molar-refractivity contribution < 1.29 is 8.78 Å². The SMILES string of the molecule is CCc1c(CNC2CC2)sc2c(F)cc(F)cc12. The van der Waals surface area contributed by atoms with E-state index in [1.165, 1.54) is 30.2 Å². The minimum atomic E-state index is -0.491. The van der Waals surface area contributed by atoms with E-state index in [4.69, 9.17) is 0 Å². The van der Waals surface area contributed by atoms with E-state index in [0.29, 0.717) is 10.7 Å².